The van der Waals surface area contributed by atoms with Gasteiger partial charge in [0.1, 0.15) is 17.8 Å². The molecule has 3 aromatic rings. The van der Waals surface area contributed by atoms with Gasteiger partial charge in [0.25, 0.3) is 5.91 Å². The van der Waals surface area contributed by atoms with Gasteiger partial charge in [-0.1, -0.05) is 23.4 Å². The molecule has 0 unspecified atom stereocenters. The van der Waals surface area contributed by atoms with E-state index in [2.05, 4.69) is 31.3 Å². The molecule has 0 spiro atoms. The number of anilines is 4. The van der Waals surface area contributed by atoms with E-state index >= 15 is 0 Å². The number of amides is 1. The second-order valence-corrected chi connectivity index (χ2v) is 5.33. The number of benzene rings is 1. The molecule has 0 aliphatic carbocycles. The van der Waals surface area contributed by atoms with E-state index in [-0.39, 0.29) is 17.4 Å². The Labute approximate surface area is 143 Å². The summed E-state index contributed by atoms with van der Waals surface area (Å²) < 4.78 is 4.98. The Kier molecular flexibility index (Phi) is 4.46. The highest BCUT2D eigenvalue weighted by Gasteiger charge is 2.12. The largest absolute Gasteiger partial charge is 0.393 e. The lowest BCUT2D eigenvalue weighted by atomic mass is 10.1. The number of nitrogens with zero attached hydrogens (tertiary/aromatic N) is 3. The smallest absolute Gasteiger partial charge is 0.269 e. The van der Waals surface area contributed by atoms with Crippen molar-refractivity contribution in [3.05, 3.63) is 53.5 Å². The van der Waals surface area contributed by atoms with E-state index in [4.69, 9.17) is 10.3 Å². The van der Waals surface area contributed by atoms with Crippen LogP contribution in [0.2, 0.25) is 0 Å². The number of aromatic nitrogens is 3. The molecule has 2 heterocycles. The fourth-order valence-electron chi connectivity index (χ4n) is 2.15. The van der Waals surface area contributed by atoms with Crippen LogP contribution < -0.4 is 21.9 Å². The second kappa shape index (κ2) is 6.87. The van der Waals surface area contributed by atoms with Gasteiger partial charge in [-0.25, -0.2) is 9.97 Å². The van der Waals surface area contributed by atoms with Crippen molar-refractivity contribution in [1.82, 2.24) is 20.6 Å². The zero-order valence-electron chi connectivity index (χ0n) is 13.7. The summed E-state index contributed by atoms with van der Waals surface area (Å²) in [5.74, 6) is 1.44. The van der Waals surface area contributed by atoms with Crippen molar-refractivity contribution in [3.63, 3.8) is 0 Å². The van der Waals surface area contributed by atoms with Crippen molar-refractivity contribution in [2.75, 3.05) is 16.5 Å². The number of rotatable bonds is 5. The molecule has 5 N–H and O–H groups in total. The normalized spacial score (nSPS) is 10.3. The number of hydrogen-bond acceptors (Lipinski definition) is 8. The third-order valence-electron chi connectivity index (χ3n) is 3.44. The van der Waals surface area contributed by atoms with Crippen LogP contribution in [0.4, 0.5) is 23.1 Å². The molecule has 25 heavy (non-hydrogen) atoms. The number of aryl methyl sites for hydroxylation is 2. The highest BCUT2D eigenvalue weighted by atomic mass is 16.5. The lowest BCUT2D eigenvalue weighted by molar-refractivity contribution is 0.0962. The minimum atomic E-state index is -0.294. The summed E-state index contributed by atoms with van der Waals surface area (Å²) in [6.45, 7) is 3.63. The number of hydrogen-bond donors (Lipinski definition) is 4. The molecule has 0 saturated heterocycles. The van der Waals surface area contributed by atoms with Gasteiger partial charge in [-0.15, -0.1) is 0 Å². The number of hydrazine groups is 1. The van der Waals surface area contributed by atoms with Crippen molar-refractivity contribution in [3.8, 4) is 0 Å². The molecule has 0 bridgehead atoms. The molecule has 9 heteroatoms. The predicted molar refractivity (Wildman–Crippen MR) is 93.2 cm³/mol. The third-order valence-corrected chi connectivity index (χ3v) is 3.44. The first-order chi connectivity index (χ1) is 12.0. The Morgan fingerprint density at radius 2 is 1.92 bits per heavy atom. The van der Waals surface area contributed by atoms with E-state index in [1.54, 1.807) is 25.1 Å². The zero-order valence-corrected chi connectivity index (χ0v) is 13.7. The van der Waals surface area contributed by atoms with Gasteiger partial charge in [0.2, 0.25) is 0 Å². The van der Waals surface area contributed by atoms with Gasteiger partial charge >= 0.3 is 0 Å². The Bertz CT molecular complexity index is 907. The first-order valence-electron chi connectivity index (χ1n) is 7.47. The molecule has 1 aromatic carbocycles. The summed E-state index contributed by atoms with van der Waals surface area (Å²) in [5, 5.41) is 6.74. The first-order valence-corrected chi connectivity index (χ1v) is 7.47. The fourth-order valence-corrected chi connectivity index (χ4v) is 2.15. The van der Waals surface area contributed by atoms with Crippen LogP contribution in [0.3, 0.4) is 0 Å². The van der Waals surface area contributed by atoms with E-state index in [0.717, 1.165) is 5.56 Å². The molecular formula is C16H17N7O2. The third kappa shape index (κ3) is 3.66. The van der Waals surface area contributed by atoms with Gasteiger partial charge in [0.05, 0.1) is 0 Å². The number of carbonyl (C=O) groups excluding carboxylic acids is 1. The maximum atomic E-state index is 12.2. The molecule has 0 atom stereocenters. The van der Waals surface area contributed by atoms with Crippen LogP contribution in [-0.4, -0.2) is 21.0 Å². The Morgan fingerprint density at radius 3 is 2.64 bits per heavy atom. The van der Waals surface area contributed by atoms with Gasteiger partial charge in [0.15, 0.2) is 17.5 Å². The molecule has 0 radical (unpaired) electrons. The molecule has 0 fully saturated rings. The van der Waals surface area contributed by atoms with Crippen molar-refractivity contribution in [1.29, 1.82) is 0 Å². The molecule has 128 valence electrons. The number of carbonyl (C=O) groups is 1. The van der Waals surface area contributed by atoms with Gasteiger partial charge in [-0.2, -0.15) is 0 Å². The fraction of sp³-hybridized carbons (Fsp3) is 0.125. The Hall–Kier alpha value is -3.62. The Morgan fingerprint density at radius 1 is 1.16 bits per heavy atom. The molecule has 0 aliphatic heterocycles. The number of nitrogens with two attached hydrogens (primary N) is 1. The molecule has 1 amide bonds. The van der Waals surface area contributed by atoms with Crippen molar-refractivity contribution in [2.45, 2.75) is 13.8 Å². The molecule has 0 saturated carbocycles. The van der Waals surface area contributed by atoms with Crippen molar-refractivity contribution in [2.24, 2.45) is 0 Å². The van der Waals surface area contributed by atoms with Crippen LogP contribution in [0.15, 0.2) is 41.2 Å². The summed E-state index contributed by atoms with van der Waals surface area (Å²) in [7, 11) is 0. The molecule has 3 rings (SSSR count). The van der Waals surface area contributed by atoms with Crippen LogP contribution in [-0.2, 0) is 0 Å². The highest BCUT2D eigenvalue weighted by Crippen LogP contribution is 2.25. The van der Waals surface area contributed by atoms with Crippen LogP contribution in [0.1, 0.15) is 21.7 Å². The second-order valence-electron chi connectivity index (χ2n) is 5.33. The summed E-state index contributed by atoms with van der Waals surface area (Å²) >= 11 is 0. The predicted octanol–water partition coefficient (Wildman–Crippen LogP) is 2.16. The van der Waals surface area contributed by atoms with Gasteiger partial charge < -0.3 is 15.6 Å². The van der Waals surface area contributed by atoms with Gasteiger partial charge in [-0.3, -0.25) is 15.6 Å². The quantitative estimate of drug-likeness (QED) is 0.520. The topological polar surface area (TPSA) is 131 Å². The van der Waals surface area contributed by atoms with Crippen molar-refractivity contribution < 1.29 is 9.32 Å². The molecular weight excluding hydrogens is 322 g/mol. The zero-order chi connectivity index (χ0) is 17.8. The summed E-state index contributed by atoms with van der Waals surface area (Å²) in [6.07, 6.45) is 1.31. The average Bonchev–Trinajstić information content (AvgIpc) is 3.01. The van der Waals surface area contributed by atoms with Crippen molar-refractivity contribution >= 4 is 29.0 Å². The van der Waals surface area contributed by atoms with E-state index < -0.39 is 0 Å². The lowest BCUT2D eigenvalue weighted by Gasteiger charge is -2.12. The number of nitrogen functional groups attached to an aromatic ring is 1. The molecule has 2 aromatic heterocycles. The van der Waals surface area contributed by atoms with E-state index in [0.29, 0.717) is 23.0 Å². The standard InChI is InChI=1S/C16H17N7O2/c1-9-5-3-4-6-11(9)16(24)22-21-15-13(17)14(18-8-19-15)20-12-7-10(2)25-23-12/h3-8H,17H2,1-2H3,(H,22,24)(H2,18,19,20,21,23). The molecule has 0 aliphatic rings. The van der Waals surface area contributed by atoms with Gasteiger partial charge in [-0.05, 0) is 25.5 Å². The minimum absolute atomic E-state index is 0.230. The average molecular weight is 339 g/mol. The Balaban J connectivity index is 1.72. The monoisotopic (exact) mass is 339 g/mol. The van der Waals surface area contributed by atoms with E-state index in [1.807, 2.05) is 19.1 Å². The summed E-state index contributed by atoms with van der Waals surface area (Å²) in [4.78, 5) is 20.3. The first kappa shape index (κ1) is 16.2. The maximum Gasteiger partial charge on any atom is 0.269 e. The summed E-state index contributed by atoms with van der Waals surface area (Å²) in [5.41, 5.74) is 13.0. The van der Waals surface area contributed by atoms with Crippen LogP contribution >= 0.6 is 0 Å². The lowest BCUT2D eigenvalue weighted by Crippen LogP contribution is -2.30. The molecule has 9 nitrogen and oxygen atoms in total. The minimum Gasteiger partial charge on any atom is -0.393 e. The van der Waals surface area contributed by atoms with Crippen LogP contribution in [0.25, 0.3) is 0 Å². The van der Waals surface area contributed by atoms with E-state index in [9.17, 15) is 4.79 Å². The van der Waals surface area contributed by atoms with Crippen LogP contribution in [0.5, 0.6) is 0 Å². The van der Waals surface area contributed by atoms with E-state index in [1.165, 1.54) is 6.33 Å². The van der Waals surface area contributed by atoms with Crippen LogP contribution in [0, 0.1) is 13.8 Å². The number of nitrogens with one attached hydrogen (secondary N) is 3. The van der Waals surface area contributed by atoms with Gasteiger partial charge in [0, 0.05) is 11.6 Å². The highest BCUT2D eigenvalue weighted by molar-refractivity contribution is 5.96. The maximum absolute atomic E-state index is 12.2. The SMILES string of the molecule is Cc1cc(Nc2ncnc(NNC(=O)c3ccccc3C)c2N)no1. The summed E-state index contributed by atoms with van der Waals surface area (Å²) in [6, 6.07) is 8.95.